The third-order valence-electron chi connectivity index (χ3n) is 5.81. The van der Waals surface area contributed by atoms with Gasteiger partial charge in [0, 0.05) is 12.1 Å². The Labute approximate surface area is 193 Å². The maximum Gasteiger partial charge on any atom is 0.335 e. The monoisotopic (exact) mass is 435 g/mol. The lowest BCUT2D eigenvalue weighted by atomic mass is 9.96. The van der Waals surface area contributed by atoms with Gasteiger partial charge in [-0.15, -0.1) is 0 Å². The average Bonchev–Trinajstić information content (AvgIpc) is 2.85. The highest BCUT2D eigenvalue weighted by Crippen LogP contribution is 2.26. The number of hydrogen-bond acceptors (Lipinski definition) is 2. The van der Waals surface area contributed by atoms with Gasteiger partial charge in [-0.25, -0.2) is 4.79 Å². The van der Waals surface area contributed by atoms with E-state index in [-0.39, 0.29) is 17.4 Å². The molecule has 0 saturated heterocycles. The molecule has 0 bridgehead atoms. The van der Waals surface area contributed by atoms with Crippen molar-refractivity contribution >= 4 is 17.6 Å². The Morgan fingerprint density at radius 3 is 2.00 bits per heavy atom. The van der Waals surface area contributed by atoms with E-state index in [9.17, 15) is 14.7 Å². The molecule has 33 heavy (non-hydrogen) atoms. The number of carboxylic acids is 1. The first-order valence-corrected chi connectivity index (χ1v) is 10.9. The van der Waals surface area contributed by atoms with E-state index in [2.05, 4.69) is 17.4 Å². The zero-order chi connectivity index (χ0) is 23.2. The molecule has 0 aliphatic heterocycles. The predicted molar refractivity (Wildman–Crippen MR) is 132 cm³/mol. The maximum atomic E-state index is 13.0. The fourth-order valence-electron chi connectivity index (χ4n) is 3.87. The van der Waals surface area contributed by atoms with Crippen molar-refractivity contribution in [2.45, 2.75) is 19.3 Å². The van der Waals surface area contributed by atoms with Gasteiger partial charge in [-0.05, 0) is 46.9 Å². The predicted octanol–water partition coefficient (Wildman–Crippen LogP) is 6.38. The highest BCUT2D eigenvalue weighted by molar-refractivity contribution is 5.96. The molecule has 0 saturated carbocycles. The van der Waals surface area contributed by atoms with Crippen molar-refractivity contribution in [2.24, 2.45) is 0 Å². The lowest BCUT2D eigenvalue weighted by Gasteiger charge is -2.16. The molecule has 2 N–H and O–H groups in total. The third kappa shape index (κ3) is 5.18. The molecule has 0 spiro atoms. The Morgan fingerprint density at radius 2 is 1.30 bits per heavy atom. The number of benzene rings is 4. The Kier molecular flexibility index (Phi) is 6.65. The van der Waals surface area contributed by atoms with E-state index in [0.717, 1.165) is 22.3 Å². The molecule has 1 atom stereocenters. The van der Waals surface area contributed by atoms with Gasteiger partial charge in [-0.3, -0.25) is 4.79 Å². The van der Waals surface area contributed by atoms with Gasteiger partial charge in [0.05, 0.1) is 11.5 Å². The Hall–Kier alpha value is -4.18. The van der Waals surface area contributed by atoms with Gasteiger partial charge in [-0.2, -0.15) is 0 Å². The third-order valence-corrected chi connectivity index (χ3v) is 5.81. The van der Waals surface area contributed by atoms with Gasteiger partial charge in [0.2, 0.25) is 5.91 Å². The molecule has 0 fully saturated rings. The zero-order valence-electron chi connectivity index (χ0n) is 18.4. The molecule has 0 aromatic heterocycles. The topological polar surface area (TPSA) is 66.4 Å². The summed E-state index contributed by atoms with van der Waals surface area (Å²) in [5, 5.41) is 12.5. The number of anilines is 1. The summed E-state index contributed by atoms with van der Waals surface area (Å²) in [7, 11) is 0. The first-order valence-electron chi connectivity index (χ1n) is 10.9. The summed E-state index contributed by atoms with van der Waals surface area (Å²) in [6.07, 6.45) is 0.416. The molecule has 4 rings (SSSR count). The van der Waals surface area contributed by atoms with E-state index in [1.807, 2.05) is 79.7 Å². The number of para-hydroxylation sites is 1. The SMILES string of the molecule is CC(C(=O)Nc1ccccc1Cc1ccccc1C(=O)O)c1ccc(-c2ccccc2)cc1. The normalized spacial score (nSPS) is 11.5. The summed E-state index contributed by atoms with van der Waals surface area (Å²) in [6.45, 7) is 1.88. The molecule has 0 heterocycles. The van der Waals surface area contributed by atoms with E-state index in [4.69, 9.17) is 0 Å². The smallest absolute Gasteiger partial charge is 0.335 e. The van der Waals surface area contributed by atoms with Gasteiger partial charge in [0.1, 0.15) is 0 Å². The number of carbonyl (C=O) groups excluding carboxylic acids is 1. The molecule has 1 unspecified atom stereocenters. The van der Waals surface area contributed by atoms with Crippen LogP contribution in [-0.4, -0.2) is 17.0 Å². The fraction of sp³-hybridized carbons (Fsp3) is 0.103. The minimum Gasteiger partial charge on any atom is -0.478 e. The van der Waals surface area contributed by atoms with Crippen LogP contribution in [0.3, 0.4) is 0 Å². The Balaban J connectivity index is 1.51. The summed E-state index contributed by atoms with van der Waals surface area (Å²) in [6, 6.07) is 32.6. The molecular weight excluding hydrogens is 410 g/mol. The van der Waals surface area contributed by atoms with Crippen molar-refractivity contribution in [3.05, 3.63) is 125 Å². The highest BCUT2D eigenvalue weighted by atomic mass is 16.4. The van der Waals surface area contributed by atoms with Crippen LogP contribution in [0.4, 0.5) is 5.69 Å². The molecule has 1 amide bonds. The van der Waals surface area contributed by atoms with Crippen molar-refractivity contribution in [3.63, 3.8) is 0 Å². The van der Waals surface area contributed by atoms with Crippen LogP contribution in [0, 0.1) is 0 Å². The van der Waals surface area contributed by atoms with Crippen LogP contribution in [0.15, 0.2) is 103 Å². The van der Waals surface area contributed by atoms with Crippen LogP contribution in [0.5, 0.6) is 0 Å². The zero-order valence-corrected chi connectivity index (χ0v) is 18.4. The second-order valence-electron chi connectivity index (χ2n) is 8.00. The molecule has 4 heteroatoms. The molecule has 4 nitrogen and oxygen atoms in total. The summed E-state index contributed by atoms with van der Waals surface area (Å²) in [4.78, 5) is 24.6. The molecule has 0 radical (unpaired) electrons. The van der Waals surface area contributed by atoms with Crippen LogP contribution in [0.2, 0.25) is 0 Å². The summed E-state index contributed by atoms with van der Waals surface area (Å²) in [5.74, 6) is -1.41. The van der Waals surface area contributed by atoms with Crippen molar-refractivity contribution in [3.8, 4) is 11.1 Å². The van der Waals surface area contributed by atoms with Crippen molar-refractivity contribution in [2.75, 3.05) is 5.32 Å². The molecule has 0 aliphatic carbocycles. The van der Waals surface area contributed by atoms with Gasteiger partial charge in [0.25, 0.3) is 0 Å². The Bertz CT molecular complexity index is 1260. The number of hydrogen-bond donors (Lipinski definition) is 2. The largest absolute Gasteiger partial charge is 0.478 e. The molecule has 164 valence electrons. The Morgan fingerprint density at radius 1 is 0.727 bits per heavy atom. The van der Waals surface area contributed by atoms with Crippen molar-refractivity contribution in [1.82, 2.24) is 0 Å². The lowest BCUT2D eigenvalue weighted by molar-refractivity contribution is -0.117. The first kappa shape index (κ1) is 22.0. The molecular formula is C29H25NO3. The van der Waals surface area contributed by atoms with Crippen molar-refractivity contribution in [1.29, 1.82) is 0 Å². The first-order chi connectivity index (χ1) is 16.0. The van der Waals surface area contributed by atoms with E-state index < -0.39 is 5.97 Å². The number of aromatic carboxylic acids is 1. The lowest BCUT2D eigenvalue weighted by Crippen LogP contribution is -2.19. The summed E-state index contributed by atoms with van der Waals surface area (Å²) >= 11 is 0. The van der Waals surface area contributed by atoms with E-state index >= 15 is 0 Å². The summed E-state index contributed by atoms with van der Waals surface area (Å²) < 4.78 is 0. The number of carboxylic acid groups (broad SMARTS) is 1. The highest BCUT2D eigenvalue weighted by Gasteiger charge is 2.18. The van der Waals surface area contributed by atoms with Gasteiger partial charge < -0.3 is 10.4 Å². The minimum absolute atomic E-state index is 0.110. The van der Waals surface area contributed by atoms with E-state index in [1.54, 1.807) is 18.2 Å². The van der Waals surface area contributed by atoms with Crippen molar-refractivity contribution < 1.29 is 14.7 Å². The van der Waals surface area contributed by atoms with Crippen LogP contribution in [-0.2, 0) is 11.2 Å². The standard InChI is InChI=1S/C29H25NO3/c1-20(21-15-17-23(18-16-21)22-9-3-2-4-10-22)28(31)30-27-14-8-6-12-25(27)19-24-11-5-7-13-26(24)29(32)33/h2-18,20H,19H2,1H3,(H,30,31)(H,32,33). The van der Waals surface area contributed by atoms with Crippen LogP contribution in [0.25, 0.3) is 11.1 Å². The number of amides is 1. The average molecular weight is 436 g/mol. The maximum absolute atomic E-state index is 13.0. The number of nitrogens with one attached hydrogen (secondary N) is 1. The minimum atomic E-state index is -0.959. The molecule has 4 aromatic carbocycles. The fourth-order valence-corrected chi connectivity index (χ4v) is 3.87. The summed E-state index contributed by atoms with van der Waals surface area (Å²) in [5.41, 5.74) is 5.70. The van der Waals surface area contributed by atoms with Gasteiger partial charge >= 0.3 is 5.97 Å². The van der Waals surface area contributed by atoms with Crippen LogP contribution in [0.1, 0.15) is 39.9 Å². The van der Waals surface area contributed by atoms with Gasteiger partial charge in [-0.1, -0.05) is 91.0 Å². The number of carbonyl (C=O) groups is 2. The van der Waals surface area contributed by atoms with Gasteiger partial charge in [0.15, 0.2) is 0 Å². The molecule has 4 aromatic rings. The van der Waals surface area contributed by atoms with Crippen LogP contribution < -0.4 is 5.32 Å². The number of rotatable bonds is 7. The van der Waals surface area contributed by atoms with E-state index in [0.29, 0.717) is 17.7 Å². The second-order valence-corrected chi connectivity index (χ2v) is 8.00. The molecule has 0 aliphatic rings. The van der Waals surface area contributed by atoms with E-state index in [1.165, 1.54) is 0 Å². The second kappa shape index (κ2) is 9.96. The quantitative estimate of drug-likeness (QED) is 0.354. The van der Waals surface area contributed by atoms with Crippen LogP contribution >= 0.6 is 0 Å².